The Hall–Kier alpha value is -1.35. The van der Waals surface area contributed by atoms with Crippen molar-refractivity contribution in [1.82, 2.24) is 10.2 Å². The number of nitrogens with one attached hydrogen (secondary N) is 1. The summed E-state index contributed by atoms with van der Waals surface area (Å²) in [6, 6.07) is 10.9. The monoisotopic (exact) mass is 286 g/mol. The van der Waals surface area contributed by atoms with Gasteiger partial charge in [0.05, 0.1) is 12.7 Å². The lowest BCUT2D eigenvalue weighted by molar-refractivity contribution is -0.132. The minimum atomic E-state index is 0.0133. The van der Waals surface area contributed by atoms with E-state index in [1.807, 2.05) is 6.07 Å². The average molecular weight is 286 g/mol. The van der Waals surface area contributed by atoms with E-state index in [0.717, 1.165) is 19.5 Å². The molecule has 21 heavy (non-hydrogen) atoms. The Bertz CT molecular complexity index is 473. The lowest BCUT2D eigenvalue weighted by Gasteiger charge is -2.35. The topological polar surface area (TPSA) is 32.3 Å². The molecule has 1 aromatic carbocycles. The molecule has 2 aliphatic rings. The van der Waals surface area contributed by atoms with Crippen LogP contribution in [0.25, 0.3) is 0 Å². The van der Waals surface area contributed by atoms with E-state index in [9.17, 15) is 4.79 Å². The Morgan fingerprint density at radius 2 is 1.95 bits per heavy atom. The summed E-state index contributed by atoms with van der Waals surface area (Å²) in [5.41, 5.74) is 1.32. The molecule has 0 aromatic heterocycles. The average Bonchev–Trinajstić information content (AvgIpc) is 2.88. The second kappa shape index (κ2) is 6.61. The second-order valence-electron chi connectivity index (χ2n) is 6.58. The molecule has 0 radical (unpaired) electrons. The van der Waals surface area contributed by atoms with Crippen LogP contribution in [0.15, 0.2) is 30.3 Å². The van der Waals surface area contributed by atoms with Gasteiger partial charge in [0, 0.05) is 6.04 Å². The van der Waals surface area contributed by atoms with Gasteiger partial charge in [-0.05, 0) is 37.2 Å². The number of rotatable bonds is 4. The van der Waals surface area contributed by atoms with Gasteiger partial charge < -0.3 is 4.90 Å². The number of carbonyl (C=O) groups is 1. The summed E-state index contributed by atoms with van der Waals surface area (Å²) < 4.78 is 0. The largest absolute Gasteiger partial charge is 0.325 e. The fraction of sp³-hybridized carbons (Fsp3) is 0.611. The molecule has 3 atom stereocenters. The van der Waals surface area contributed by atoms with Crippen molar-refractivity contribution in [3.05, 3.63) is 35.9 Å². The van der Waals surface area contributed by atoms with Crippen molar-refractivity contribution in [2.24, 2.45) is 5.92 Å². The van der Waals surface area contributed by atoms with Crippen LogP contribution in [0.1, 0.15) is 44.6 Å². The van der Waals surface area contributed by atoms with Crippen LogP contribution >= 0.6 is 0 Å². The molecule has 0 spiro atoms. The van der Waals surface area contributed by atoms with Crippen molar-refractivity contribution in [2.75, 3.05) is 6.67 Å². The summed E-state index contributed by atoms with van der Waals surface area (Å²) in [7, 11) is 0. The predicted molar refractivity (Wildman–Crippen MR) is 84.8 cm³/mol. The van der Waals surface area contributed by atoms with Crippen LogP contribution in [0, 0.1) is 5.92 Å². The van der Waals surface area contributed by atoms with Gasteiger partial charge in [-0.15, -0.1) is 0 Å². The highest BCUT2D eigenvalue weighted by Crippen LogP contribution is 2.29. The molecular weight excluding hydrogens is 260 g/mol. The summed E-state index contributed by atoms with van der Waals surface area (Å²) in [6.07, 6.45) is 6.92. The normalized spacial score (nSPS) is 29.9. The van der Waals surface area contributed by atoms with Crippen molar-refractivity contribution >= 4 is 5.91 Å². The maximum absolute atomic E-state index is 12.6. The zero-order chi connectivity index (χ0) is 14.7. The van der Waals surface area contributed by atoms with E-state index in [4.69, 9.17) is 0 Å². The van der Waals surface area contributed by atoms with Crippen molar-refractivity contribution in [1.29, 1.82) is 0 Å². The van der Waals surface area contributed by atoms with Crippen LogP contribution in [0.5, 0.6) is 0 Å². The Labute approximate surface area is 127 Å². The third-order valence-electron chi connectivity index (χ3n) is 5.12. The first-order valence-corrected chi connectivity index (χ1v) is 8.33. The predicted octanol–water partition coefficient (Wildman–Crippen LogP) is 2.96. The zero-order valence-corrected chi connectivity index (χ0v) is 12.9. The number of nitrogens with zero attached hydrogens (tertiary/aromatic N) is 1. The Morgan fingerprint density at radius 3 is 2.71 bits per heavy atom. The molecule has 1 heterocycles. The third-order valence-corrected chi connectivity index (χ3v) is 5.12. The quantitative estimate of drug-likeness (QED) is 0.923. The minimum Gasteiger partial charge on any atom is -0.325 e. The number of hydrogen-bond donors (Lipinski definition) is 1. The lowest BCUT2D eigenvalue weighted by atomic mass is 9.85. The van der Waals surface area contributed by atoms with Gasteiger partial charge in [0.25, 0.3) is 0 Å². The molecule has 3 rings (SSSR count). The molecule has 1 aliphatic carbocycles. The Kier molecular flexibility index (Phi) is 4.59. The standard InChI is InChI=1S/C18H26N2O/c1-14-7-5-6-10-17(14)20-13-19-16(18(20)21)12-11-15-8-3-2-4-9-15/h2-4,8-9,14,16-17,19H,5-7,10-13H2,1H3. The molecule has 1 saturated heterocycles. The number of benzene rings is 1. The van der Waals surface area contributed by atoms with Gasteiger partial charge in [-0.25, -0.2) is 0 Å². The first-order chi connectivity index (χ1) is 10.3. The molecule has 3 unspecified atom stereocenters. The molecule has 3 nitrogen and oxygen atoms in total. The molecule has 1 saturated carbocycles. The molecule has 1 amide bonds. The summed E-state index contributed by atoms with van der Waals surface area (Å²) in [5.74, 6) is 0.974. The van der Waals surface area contributed by atoms with Crippen molar-refractivity contribution in [3.63, 3.8) is 0 Å². The molecule has 1 N–H and O–H groups in total. The zero-order valence-electron chi connectivity index (χ0n) is 12.9. The first kappa shape index (κ1) is 14.6. The van der Waals surface area contributed by atoms with Crippen LogP contribution in [-0.2, 0) is 11.2 Å². The van der Waals surface area contributed by atoms with Crippen LogP contribution < -0.4 is 5.32 Å². The highest BCUT2D eigenvalue weighted by molar-refractivity contribution is 5.84. The fourth-order valence-electron chi connectivity index (χ4n) is 3.80. The molecular formula is C18H26N2O. The SMILES string of the molecule is CC1CCCCC1N1CNC(CCc2ccccc2)C1=O. The van der Waals surface area contributed by atoms with Crippen LogP contribution in [0.2, 0.25) is 0 Å². The highest BCUT2D eigenvalue weighted by atomic mass is 16.2. The molecule has 2 fully saturated rings. The van der Waals surface area contributed by atoms with Crippen molar-refractivity contribution < 1.29 is 4.79 Å². The molecule has 1 aromatic rings. The van der Waals surface area contributed by atoms with Gasteiger partial charge >= 0.3 is 0 Å². The molecule has 3 heteroatoms. The Balaban J connectivity index is 1.56. The Morgan fingerprint density at radius 1 is 1.19 bits per heavy atom. The lowest BCUT2D eigenvalue weighted by Crippen LogP contribution is -2.43. The van der Waals surface area contributed by atoms with Gasteiger partial charge in [0.15, 0.2) is 0 Å². The second-order valence-corrected chi connectivity index (χ2v) is 6.58. The number of carbonyl (C=O) groups excluding carboxylic acids is 1. The van der Waals surface area contributed by atoms with Crippen LogP contribution in [0.3, 0.4) is 0 Å². The summed E-state index contributed by atoms with van der Waals surface area (Å²) in [4.78, 5) is 14.7. The van der Waals surface area contributed by atoms with E-state index < -0.39 is 0 Å². The number of hydrogen-bond acceptors (Lipinski definition) is 2. The molecule has 114 valence electrons. The summed E-state index contributed by atoms with van der Waals surface area (Å²) in [6.45, 7) is 3.04. The van der Waals surface area contributed by atoms with E-state index in [2.05, 4.69) is 41.4 Å². The van der Waals surface area contributed by atoms with E-state index in [-0.39, 0.29) is 6.04 Å². The minimum absolute atomic E-state index is 0.0133. The first-order valence-electron chi connectivity index (χ1n) is 8.33. The van der Waals surface area contributed by atoms with Crippen LogP contribution in [-0.4, -0.2) is 29.6 Å². The fourth-order valence-corrected chi connectivity index (χ4v) is 3.80. The van der Waals surface area contributed by atoms with Crippen molar-refractivity contribution in [2.45, 2.75) is 57.5 Å². The van der Waals surface area contributed by atoms with Gasteiger partial charge in [0.2, 0.25) is 5.91 Å². The maximum Gasteiger partial charge on any atom is 0.241 e. The van der Waals surface area contributed by atoms with E-state index in [1.54, 1.807) is 0 Å². The molecule has 1 aliphatic heterocycles. The van der Waals surface area contributed by atoms with E-state index in [1.165, 1.54) is 31.2 Å². The van der Waals surface area contributed by atoms with E-state index in [0.29, 0.717) is 17.9 Å². The van der Waals surface area contributed by atoms with Gasteiger partial charge in [0.1, 0.15) is 0 Å². The van der Waals surface area contributed by atoms with Gasteiger partial charge in [-0.1, -0.05) is 50.1 Å². The summed E-state index contributed by atoms with van der Waals surface area (Å²) in [5, 5.41) is 3.42. The summed E-state index contributed by atoms with van der Waals surface area (Å²) >= 11 is 0. The van der Waals surface area contributed by atoms with Crippen molar-refractivity contribution in [3.8, 4) is 0 Å². The maximum atomic E-state index is 12.6. The number of aryl methyl sites for hydroxylation is 1. The van der Waals surface area contributed by atoms with Gasteiger partial charge in [-0.3, -0.25) is 10.1 Å². The molecule has 0 bridgehead atoms. The van der Waals surface area contributed by atoms with E-state index >= 15 is 0 Å². The van der Waals surface area contributed by atoms with Crippen LogP contribution in [0.4, 0.5) is 0 Å². The number of amides is 1. The van der Waals surface area contributed by atoms with Gasteiger partial charge in [-0.2, -0.15) is 0 Å². The smallest absolute Gasteiger partial charge is 0.241 e. The highest BCUT2D eigenvalue weighted by Gasteiger charge is 2.37. The third kappa shape index (κ3) is 3.29.